The average Bonchev–Trinajstić information content (AvgIpc) is 2.36. The van der Waals surface area contributed by atoms with Crippen LogP contribution >= 0.6 is 0 Å². The summed E-state index contributed by atoms with van der Waals surface area (Å²) in [7, 11) is 0. The summed E-state index contributed by atoms with van der Waals surface area (Å²) in [6, 6.07) is 2.49. The van der Waals surface area contributed by atoms with Crippen LogP contribution in [0.3, 0.4) is 0 Å². The Morgan fingerprint density at radius 2 is 1.83 bits per heavy atom. The molecule has 0 aromatic heterocycles. The Morgan fingerprint density at radius 3 is 2.50 bits per heavy atom. The van der Waals surface area contributed by atoms with Gasteiger partial charge < -0.3 is 0 Å². The van der Waals surface area contributed by atoms with Crippen LogP contribution < -0.4 is 0 Å². The minimum atomic E-state index is -0.782. The minimum absolute atomic E-state index is 0.293. The molecule has 0 atom stereocenters. The number of allylic oxidation sites excluding steroid dienone is 2. The van der Waals surface area contributed by atoms with Crippen LogP contribution in [0.2, 0.25) is 0 Å². The van der Waals surface area contributed by atoms with Crippen LogP contribution in [0.25, 0.3) is 0 Å². The maximum Gasteiger partial charge on any atom is 0.191 e. The molecule has 0 amide bonds. The quantitative estimate of drug-likeness (QED) is 0.563. The summed E-state index contributed by atoms with van der Waals surface area (Å²) in [4.78, 5) is 12.0. The van der Waals surface area contributed by atoms with Crippen LogP contribution in [0.5, 0.6) is 0 Å². The van der Waals surface area contributed by atoms with Crippen LogP contribution in [0.1, 0.15) is 48.0 Å². The SMILES string of the molecule is Cc1ccc(F)c(C(=O)C=C2CCCCC2)c1F. The molecule has 1 saturated carbocycles. The molecular weight excluding hydrogens is 234 g/mol. The first kappa shape index (κ1) is 12.9. The van der Waals surface area contributed by atoms with E-state index in [2.05, 4.69) is 0 Å². The van der Waals surface area contributed by atoms with Crippen molar-refractivity contribution in [3.05, 3.63) is 46.5 Å². The highest BCUT2D eigenvalue weighted by atomic mass is 19.1. The van der Waals surface area contributed by atoms with E-state index in [4.69, 9.17) is 0 Å². The molecule has 0 bridgehead atoms. The molecule has 0 N–H and O–H groups in total. The van der Waals surface area contributed by atoms with Crippen molar-refractivity contribution in [1.82, 2.24) is 0 Å². The van der Waals surface area contributed by atoms with Crippen molar-refractivity contribution in [3.8, 4) is 0 Å². The van der Waals surface area contributed by atoms with Gasteiger partial charge in [0, 0.05) is 0 Å². The molecule has 0 saturated heterocycles. The van der Waals surface area contributed by atoms with Crippen molar-refractivity contribution in [3.63, 3.8) is 0 Å². The predicted octanol–water partition coefficient (Wildman–Crippen LogP) is 4.35. The molecule has 2 rings (SSSR count). The number of carbonyl (C=O) groups excluding carboxylic acids is 1. The van der Waals surface area contributed by atoms with E-state index < -0.39 is 23.0 Å². The zero-order chi connectivity index (χ0) is 13.1. The molecule has 1 fully saturated rings. The Hall–Kier alpha value is -1.51. The van der Waals surface area contributed by atoms with Crippen molar-refractivity contribution in [2.75, 3.05) is 0 Å². The van der Waals surface area contributed by atoms with Gasteiger partial charge in [0.25, 0.3) is 0 Å². The second kappa shape index (κ2) is 5.42. The Balaban J connectivity index is 2.31. The minimum Gasteiger partial charge on any atom is -0.289 e. The number of hydrogen-bond donors (Lipinski definition) is 0. The molecule has 0 heterocycles. The van der Waals surface area contributed by atoms with Crippen molar-refractivity contribution < 1.29 is 13.6 Å². The normalized spacial score (nSPS) is 15.6. The van der Waals surface area contributed by atoms with Crippen molar-refractivity contribution in [2.24, 2.45) is 0 Å². The first-order valence-electron chi connectivity index (χ1n) is 6.28. The molecule has 0 aliphatic heterocycles. The van der Waals surface area contributed by atoms with Gasteiger partial charge >= 0.3 is 0 Å². The average molecular weight is 250 g/mol. The lowest BCUT2D eigenvalue weighted by molar-refractivity contribution is 0.103. The van der Waals surface area contributed by atoms with Crippen molar-refractivity contribution >= 4 is 5.78 Å². The fourth-order valence-corrected chi connectivity index (χ4v) is 2.29. The number of carbonyl (C=O) groups is 1. The standard InChI is InChI=1S/C15H16F2O/c1-10-7-8-12(16)14(15(10)17)13(18)9-11-5-3-2-4-6-11/h7-9H,2-6H2,1H3. The van der Waals surface area contributed by atoms with Crippen LogP contribution in [0, 0.1) is 18.6 Å². The topological polar surface area (TPSA) is 17.1 Å². The largest absolute Gasteiger partial charge is 0.289 e. The molecule has 1 aromatic rings. The van der Waals surface area contributed by atoms with E-state index in [1.807, 2.05) is 0 Å². The van der Waals surface area contributed by atoms with E-state index in [0.717, 1.165) is 37.3 Å². The Morgan fingerprint density at radius 1 is 1.17 bits per heavy atom. The second-order valence-corrected chi connectivity index (χ2v) is 4.78. The number of hydrogen-bond acceptors (Lipinski definition) is 1. The summed E-state index contributed by atoms with van der Waals surface area (Å²) < 4.78 is 27.3. The van der Waals surface area contributed by atoms with Crippen molar-refractivity contribution in [1.29, 1.82) is 0 Å². The van der Waals surface area contributed by atoms with E-state index in [1.165, 1.54) is 25.5 Å². The third-order valence-electron chi connectivity index (χ3n) is 3.36. The van der Waals surface area contributed by atoms with Crippen LogP contribution in [0.15, 0.2) is 23.8 Å². The third kappa shape index (κ3) is 2.66. The summed E-state index contributed by atoms with van der Waals surface area (Å²) >= 11 is 0. The lowest BCUT2D eigenvalue weighted by atomic mass is 9.93. The molecule has 1 aromatic carbocycles. The zero-order valence-corrected chi connectivity index (χ0v) is 10.4. The van der Waals surface area contributed by atoms with E-state index in [0.29, 0.717) is 5.56 Å². The lowest BCUT2D eigenvalue weighted by Gasteiger charge is -2.13. The lowest BCUT2D eigenvalue weighted by Crippen LogP contribution is -2.06. The Labute approximate surface area is 106 Å². The molecule has 3 heteroatoms. The molecule has 0 unspecified atom stereocenters. The van der Waals surface area contributed by atoms with Gasteiger partial charge in [-0.1, -0.05) is 18.1 Å². The fourth-order valence-electron chi connectivity index (χ4n) is 2.29. The highest BCUT2D eigenvalue weighted by Gasteiger charge is 2.18. The van der Waals surface area contributed by atoms with Gasteiger partial charge in [0.2, 0.25) is 0 Å². The Bertz CT molecular complexity index is 495. The maximum atomic E-state index is 13.8. The van der Waals surface area contributed by atoms with Crippen molar-refractivity contribution in [2.45, 2.75) is 39.0 Å². The number of aryl methyl sites for hydroxylation is 1. The van der Waals surface area contributed by atoms with Crippen LogP contribution in [0.4, 0.5) is 8.78 Å². The van der Waals surface area contributed by atoms with E-state index in [9.17, 15) is 13.6 Å². The number of rotatable bonds is 2. The van der Waals surface area contributed by atoms with Gasteiger partial charge in [-0.2, -0.15) is 0 Å². The zero-order valence-electron chi connectivity index (χ0n) is 10.4. The highest BCUT2D eigenvalue weighted by Crippen LogP contribution is 2.24. The van der Waals surface area contributed by atoms with Gasteiger partial charge in [-0.15, -0.1) is 0 Å². The van der Waals surface area contributed by atoms with Crippen LogP contribution in [-0.4, -0.2) is 5.78 Å². The molecule has 96 valence electrons. The van der Waals surface area contributed by atoms with E-state index in [1.54, 1.807) is 0 Å². The number of ketones is 1. The molecule has 1 aliphatic rings. The second-order valence-electron chi connectivity index (χ2n) is 4.78. The van der Waals surface area contributed by atoms with Gasteiger partial charge in [0.05, 0.1) is 5.56 Å². The summed E-state index contributed by atoms with van der Waals surface area (Å²) in [6.07, 6.45) is 6.41. The predicted molar refractivity (Wildman–Crippen MR) is 66.6 cm³/mol. The maximum absolute atomic E-state index is 13.8. The molecule has 1 nitrogen and oxygen atoms in total. The van der Waals surface area contributed by atoms with Gasteiger partial charge in [-0.25, -0.2) is 8.78 Å². The third-order valence-corrected chi connectivity index (χ3v) is 3.36. The van der Waals surface area contributed by atoms with Gasteiger partial charge in [0.1, 0.15) is 11.6 Å². The number of halogens is 2. The summed E-state index contributed by atoms with van der Waals surface area (Å²) in [6.45, 7) is 1.53. The monoisotopic (exact) mass is 250 g/mol. The van der Waals surface area contributed by atoms with Gasteiger partial charge in [-0.3, -0.25) is 4.79 Å². The highest BCUT2D eigenvalue weighted by molar-refractivity contribution is 6.05. The summed E-state index contributed by atoms with van der Waals surface area (Å²) in [5, 5.41) is 0. The molecule has 1 aliphatic carbocycles. The fraction of sp³-hybridized carbons (Fsp3) is 0.400. The molecule has 0 spiro atoms. The molecule has 0 radical (unpaired) electrons. The summed E-state index contributed by atoms with van der Waals surface area (Å²) in [5.74, 6) is -2.07. The number of benzene rings is 1. The van der Waals surface area contributed by atoms with Crippen LogP contribution in [-0.2, 0) is 0 Å². The smallest absolute Gasteiger partial charge is 0.191 e. The van der Waals surface area contributed by atoms with E-state index in [-0.39, 0.29) is 0 Å². The first-order chi connectivity index (χ1) is 8.59. The molecular formula is C15H16F2O. The van der Waals surface area contributed by atoms with E-state index >= 15 is 0 Å². The summed E-state index contributed by atoms with van der Waals surface area (Å²) in [5.41, 5.74) is 0.876. The van der Waals surface area contributed by atoms with Gasteiger partial charge in [-0.05, 0) is 50.3 Å². The molecule has 18 heavy (non-hydrogen) atoms. The van der Waals surface area contributed by atoms with Gasteiger partial charge in [0.15, 0.2) is 5.78 Å². The Kier molecular flexibility index (Phi) is 3.90. The first-order valence-corrected chi connectivity index (χ1v) is 6.28.